The van der Waals surface area contributed by atoms with Crippen LogP contribution in [0.2, 0.25) is 0 Å². The van der Waals surface area contributed by atoms with Crippen LogP contribution in [0.15, 0.2) is 48.6 Å². The van der Waals surface area contributed by atoms with Crippen LogP contribution in [0, 0.1) is 13.8 Å². The van der Waals surface area contributed by atoms with Crippen LogP contribution in [0.4, 0.5) is 5.69 Å². The van der Waals surface area contributed by atoms with Crippen LogP contribution in [-0.2, 0) is 0 Å². The van der Waals surface area contributed by atoms with Crippen LogP contribution < -0.4 is 4.90 Å². The van der Waals surface area contributed by atoms with Crippen molar-refractivity contribution in [3.05, 3.63) is 71.1 Å². The summed E-state index contributed by atoms with van der Waals surface area (Å²) in [6.45, 7) is 4.04. The average Bonchev–Trinajstić information content (AvgIpc) is 2.43. The predicted molar refractivity (Wildman–Crippen MR) is 92.5 cm³/mol. The number of aryl methyl sites for hydroxylation is 2. The van der Waals surface area contributed by atoms with E-state index in [0.717, 1.165) is 11.4 Å². The lowest BCUT2D eigenvalue weighted by atomic mass is 10.1. The van der Waals surface area contributed by atoms with Gasteiger partial charge in [-0.05, 0) is 49.2 Å². The van der Waals surface area contributed by atoms with Crippen molar-refractivity contribution in [3.8, 4) is 0 Å². The Morgan fingerprint density at radius 3 is 1.86 bits per heavy atom. The second-order valence-corrected chi connectivity index (χ2v) is 5.39. The standard InChI is InChI=1S/C19H22N2/c1-15-13-18(14-16(2)20-15)8-6-5-7-17-9-11-19(12-10-17)21(3)4/h5-14H,1-4H3/b7-5+,8-6+. The number of allylic oxidation sites excluding steroid dienone is 2. The fourth-order valence-corrected chi connectivity index (χ4v) is 2.18. The van der Waals surface area contributed by atoms with E-state index < -0.39 is 0 Å². The third-order valence-electron chi connectivity index (χ3n) is 3.20. The molecule has 0 saturated heterocycles. The van der Waals surface area contributed by atoms with Crippen LogP contribution >= 0.6 is 0 Å². The lowest BCUT2D eigenvalue weighted by molar-refractivity contribution is 1.12. The number of anilines is 1. The molecule has 0 aliphatic rings. The second-order valence-electron chi connectivity index (χ2n) is 5.39. The number of pyridine rings is 1. The van der Waals surface area contributed by atoms with Crippen molar-refractivity contribution < 1.29 is 0 Å². The molecule has 0 atom stereocenters. The van der Waals surface area contributed by atoms with E-state index in [9.17, 15) is 0 Å². The third-order valence-corrected chi connectivity index (χ3v) is 3.20. The highest BCUT2D eigenvalue weighted by Crippen LogP contribution is 2.13. The van der Waals surface area contributed by atoms with Gasteiger partial charge in [0.15, 0.2) is 0 Å². The minimum atomic E-state index is 1.05. The summed E-state index contributed by atoms with van der Waals surface area (Å²) in [7, 11) is 4.10. The van der Waals surface area contributed by atoms with E-state index in [1.165, 1.54) is 16.8 Å². The zero-order chi connectivity index (χ0) is 15.2. The minimum Gasteiger partial charge on any atom is -0.378 e. The number of hydrogen-bond donors (Lipinski definition) is 0. The molecule has 0 N–H and O–H groups in total. The smallest absolute Gasteiger partial charge is 0.0381 e. The molecule has 0 saturated carbocycles. The first-order valence-electron chi connectivity index (χ1n) is 7.12. The van der Waals surface area contributed by atoms with Crippen molar-refractivity contribution in [1.29, 1.82) is 0 Å². The highest BCUT2D eigenvalue weighted by Gasteiger charge is 1.93. The van der Waals surface area contributed by atoms with Gasteiger partial charge in [-0.25, -0.2) is 0 Å². The number of aromatic nitrogens is 1. The van der Waals surface area contributed by atoms with Crippen LogP contribution in [0.1, 0.15) is 22.5 Å². The molecule has 0 spiro atoms. The molecular weight excluding hydrogens is 256 g/mol. The predicted octanol–water partition coefficient (Wildman–Crippen LogP) is 4.49. The van der Waals surface area contributed by atoms with Crippen LogP contribution in [0.5, 0.6) is 0 Å². The van der Waals surface area contributed by atoms with Crippen molar-refractivity contribution in [2.75, 3.05) is 19.0 Å². The largest absolute Gasteiger partial charge is 0.378 e. The SMILES string of the molecule is Cc1cc(/C=C/C=C/c2ccc(N(C)C)cc2)cc(C)n1. The summed E-state index contributed by atoms with van der Waals surface area (Å²) < 4.78 is 0. The molecule has 0 bridgehead atoms. The van der Waals surface area contributed by atoms with Crippen molar-refractivity contribution in [3.63, 3.8) is 0 Å². The maximum atomic E-state index is 4.38. The molecule has 0 unspecified atom stereocenters. The van der Waals surface area contributed by atoms with E-state index in [2.05, 4.69) is 70.6 Å². The molecule has 0 amide bonds. The molecule has 21 heavy (non-hydrogen) atoms. The van der Waals surface area contributed by atoms with Gasteiger partial charge in [0.1, 0.15) is 0 Å². The van der Waals surface area contributed by atoms with Crippen LogP contribution in [0.25, 0.3) is 12.2 Å². The Kier molecular flexibility index (Phi) is 4.94. The van der Waals surface area contributed by atoms with Crippen molar-refractivity contribution in [2.24, 2.45) is 0 Å². The van der Waals surface area contributed by atoms with Crippen molar-refractivity contribution >= 4 is 17.8 Å². The zero-order valence-corrected chi connectivity index (χ0v) is 13.2. The molecule has 1 aromatic carbocycles. The zero-order valence-electron chi connectivity index (χ0n) is 13.2. The van der Waals surface area contributed by atoms with Gasteiger partial charge in [-0.15, -0.1) is 0 Å². The van der Waals surface area contributed by atoms with E-state index >= 15 is 0 Å². The van der Waals surface area contributed by atoms with Crippen LogP contribution in [-0.4, -0.2) is 19.1 Å². The first kappa shape index (κ1) is 15.0. The van der Waals surface area contributed by atoms with Gasteiger partial charge in [0, 0.05) is 31.2 Å². The molecule has 2 nitrogen and oxygen atoms in total. The van der Waals surface area contributed by atoms with E-state index in [-0.39, 0.29) is 0 Å². The van der Waals surface area contributed by atoms with Gasteiger partial charge in [-0.3, -0.25) is 4.98 Å². The molecule has 1 heterocycles. The van der Waals surface area contributed by atoms with E-state index in [4.69, 9.17) is 0 Å². The molecule has 2 heteroatoms. The van der Waals surface area contributed by atoms with Crippen LogP contribution in [0.3, 0.4) is 0 Å². The Labute approximate surface area is 127 Å². The number of benzene rings is 1. The van der Waals surface area contributed by atoms with Gasteiger partial charge in [-0.2, -0.15) is 0 Å². The number of rotatable bonds is 4. The quantitative estimate of drug-likeness (QED) is 0.766. The van der Waals surface area contributed by atoms with Gasteiger partial charge in [-0.1, -0.05) is 36.4 Å². The number of nitrogens with zero attached hydrogens (tertiary/aromatic N) is 2. The van der Waals surface area contributed by atoms with E-state index in [0.29, 0.717) is 0 Å². The minimum absolute atomic E-state index is 1.05. The van der Waals surface area contributed by atoms with E-state index in [1.54, 1.807) is 0 Å². The lowest BCUT2D eigenvalue weighted by Crippen LogP contribution is -2.07. The fourth-order valence-electron chi connectivity index (χ4n) is 2.18. The highest BCUT2D eigenvalue weighted by molar-refractivity contribution is 5.59. The molecule has 1 aromatic heterocycles. The van der Waals surface area contributed by atoms with Gasteiger partial charge in [0.05, 0.1) is 0 Å². The lowest BCUT2D eigenvalue weighted by Gasteiger charge is -2.11. The first-order valence-corrected chi connectivity index (χ1v) is 7.12. The highest BCUT2D eigenvalue weighted by atomic mass is 15.1. The van der Waals surface area contributed by atoms with E-state index in [1.807, 2.05) is 27.9 Å². The Morgan fingerprint density at radius 1 is 0.810 bits per heavy atom. The molecule has 0 aliphatic heterocycles. The summed E-state index contributed by atoms with van der Waals surface area (Å²) in [4.78, 5) is 6.48. The average molecular weight is 278 g/mol. The second kappa shape index (κ2) is 6.89. The Hall–Kier alpha value is -2.35. The number of hydrogen-bond acceptors (Lipinski definition) is 2. The normalized spacial score (nSPS) is 11.4. The maximum Gasteiger partial charge on any atom is 0.0381 e. The summed E-state index contributed by atoms with van der Waals surface area (Å²) in [6.07, 6.45) is 8.34. The molecule has 0 aliphatic carbocycles. The van der Waals surface area contributed by atoms with Gasteiger partial charge < -0.3 is 4.90 Å². The molecule has 0 fully saturated rings. The summed E-state index contributed by atoms with van der Waals surface area (Å²) in [5.41, 5.74) is 5.71. The van der Waals surface area contributed by atoms with Gasteiger partial charge in [0.25, 0.3) is 0 Å². The molecular formula is C19H22N2. The van der Waals surface area contributed by atoms with Crippen molar-refractivity contribution in [2.45, 2.75) is 13.8 Å². The summed E-state index contributed by atoms with van der Waals surface area (Å²) in [6, 6.07) is 12.7. The summed E-state index contributed by atoms with van der Waals surface area (Å²) >= 11 is 0. The van der Waals surface area contributed by atoms with Gasteiger partial charge >= 0.3 is 0 Å². The van der Waals surface area contributed by atoms with Crippen molar-refractivity contribution in [1.82, 2.24) is 4.98 Å². The summed E-state index contributed by atoms with van der Waals surface area (Å²) in [5.74, 6) is 0. The van der Waals surface area contributed by atoms with Gasteiger partial charge in [0.2, 0.25) is 0 Å². The molecule has 108 valence electrons. The molecule has 2 aromatic rings. The topological polar surface area (TPSA) is 16.1 Å². The Morgan fingerprint density at radius 2 is 1.33 bits per heavy atom. The molecule has 0 radical (unpaired) electrons. The Balaban J connectivity index is 2.02. The maximum absolute atomic E-state index is 4.38. The molecule has 2 rings (SSSR count). The monoisotopic (exact) mass is 278 g/mol. The first-order chi connectivity index (χ1) is 10.0. The fraction of sp³-hybridized carbons (Fsp3) is 0.211. The Bertz CT molecular complexity index is 630. The third kappa shape index (κ3) is 4.60. The summed E-state index contributed by atoms with van der Waals surface area (Å²) in [5, 5.41) is 0.